The van der Waals surface area contributed by atoms with Crippen molar-refractivity contribution in [3.63, 3.8) is 0 Å². The first-order valence-electron chi connectivity index (χ1n) is 13.2. The number of aliphatic hydroxyl groups is 1. The lowest BCUT2D eigenvalue weighted by molar-refractivity contribution is -0.645. The Labute approximate surface area is 224 Å². The van der Waals surface area contributed by atoms with E-state index in [9.17, 15) is 19.9 Å². The molecule has 0 amide bonds. The molecule has 206 valence electrons. The van der Waals surface area contributed by atoms with Crippen LogP contribution in [0.5, 0.6) is 0 Å². The summed E-state index contributed by atoms with van der Waals surface area (Å²) in [6.45, 7) is 6.84. The fourth-order valence-electron chi connectivity index (χ4n) is 8.67. The van der Waals surface area contributed by atoms with Gasteiger partial charge in [0.2, 0.25) is 5.12 Å². The van der Waals surface area contributed by atoms with E-state index in [1.54, 1.807) is 32.9 Å². The molecule has 10 heteroatoms. The quantitative estimate of drug-likeness (QED) is 0.338. The molecule has 3 saturated carbocycles. The lowest BCUT2D eigenvalue weighted by atomic mass is 9.43. The number of pyridine rings is 1. The molecule has 1 aromatic heterocycles. The molecule has 4 aliphatic carbocycles. The number of rotatable bonds is 2. The van der Waals surface area contributed by atoms with Crippen molar-refractivity contribution in [1.82, 2.24) is 0 Å². The van der Waals surface area contributed by atoms with Crippen LogP contribution >= 0.6 is 11.8 Å². The smallest absolute Gasteiger partial charge is 0.259 e. The van der Waals surface area contributed by atoms with Crippen molar-refractivity contribution in [1.29, 1.82) is 0 Å². The maximum Gasteiger partial charge on any atom is 0.259 e. The average Bonchev–Trinajstić information content (AvgIpc) is 3.25. The third kappa shape index (κ3) is 3.14. The third-order valence-corrected chi connectivity index (χ3v) is 11.3. The monoisotopic (exact) mass is 549 g/mol. The molecule has 0 bridgehead atoms. The first-order chi connectivity index (χ1) is 17.7. The maximum atomic E-state index is 17.5. The van der Waals surface area contributed by atoms with E-state index < -0.39 is 63.2 Å². The molecule has 0 unspecified atom stereocenters. The molecular formula is C28H33F2NO6S. The second-order valence-electron chi connectivity index (χ2n) is 12.6. The highest BCUT2D eigenvalue weighted by molar-refractivity contribution is 8.13. The number of carbonyl (C=O) groups is 2. The zero-order valence-electron chi connectivity index (χ0n) is 21.9. The number of allylic oxidation sites excluding steroid dienone is 1. The zero-order valence-corrected chi connectivity index (χ0v) is 22.7. The fraction of sp³-hybridized carbons (Fsp3) is 0.679. The van der Waals surface area contributed by atoms with Gasteiger partial charge in [-0.25, -0.2) is 8.78 Å². The van der Waals surface area contributed by atoms with E-state index in [-0.39, 0.29) is 48.5 Å². The minimum atomic E-state index is -2.19. The SMILES string of the molecule is CC1(C)O[C@@H]2C[C@H]3[C@@H]4C[C@H](F)C5=CC(=O)CC[C@]5(C)[C@@]4(F)[C@@H](O)C[C@]3(C)[C@]2(C(=O)Sc2cccc[n+]2[O-])O1. The molecule has 1 aromatic rings. The highest BCUT2D eigenvalue weighted by Gasteiger charge is 2.81. The Morgan fingerprint density at radius 1 is 1.21 bits per heavy atom. The van der Waals surface area contributed by atoms with Crippen molar-refractivity contribution in [2.75, 3.05) is 0 Å². The van der Waals surface area contributed by atoms with E-state index in [4.69, 9.17) is 9.47 Å². The van der Waals surface area contributed by atoms with Crippen molar-refractivity contribution >= 4 is 22.7 Å². The molecule has 0 spiro atoms. The Bertz CT molecular complexity index is 1260. The van der Waals surface area contributed by atoms with Crippen LogP contribution in [0.2, 0.25) is 0 Å². The van der Waals surface area contributed by atoms with E-state index in [0.717, 1.165) is 11.8 Å². The zero-order chi connectivity index (χ0) is 27.5. The Balaban J connectivity index is 1.46. The number of alkyl halides is 2. The minimum Gasteiger partial charge on any atom is -0.618 e. The van der Waals surface area contributed by atoms with Gasteiger partial charge in [-0.05, 0) is 63.2 Å². The van der Waals surface area contributed by atoms with Crippen LogP contribution in [-0.2, 0) is 19.1 Å². The van der Waals surface area contributed by atoms with Crippen LogP contribution in [0.3, 0.4) is 0 Å². The third-order valence-electron chi connectivity index (χ3n) is 10.3. The van der Waals surface area contributed by atoms with Gasteiger partial charge in [0, 0.05) is 47.1 Å². The Morgan fingerprint density at radius 3 is 2.66 bits per heavy atom. The normalized spacial score (nSPS) is 47.0. The summed E-state index contributed by atoms with van der Waals surface area (Å²) in [5.74, 6) is -2.81. The summed E-state index contributed by atoms with van der Waals surface area (Å²) in [5, 5.41) is 23.7. The summed E-state index contributed by atoms with van der Waals surface area (Å²) >= 11 is 0.748. The van der Waals surface area contributed by atoms with Gasteiger partial charge in [-0.3, -0.25) is 9.59 Å². The van der Waals surface area contributed by atoms with Gasteiger partial charge in [0.05, 0.1) is 12.2 Å². The summed E-state index contributed by atoms with van der Waals surface area (Å²) in [6, 6.07) is 4.75. The number of fused-ring (bicyclic) bond motifs is 7. The van der Waals surface area contributed by atoms with Crippen LogP contribution in [0.25, 0.3) is 0 Å². The largest absolute Gasteiger partial charge is 0.618 e. The number of nitrogens with zero attached hydrogens (tertiary/aromatic N) is 1. The van der Waals surface area contributed by atoms with Gasteiger partial charge in [0.1, 0.15) is 11.8 Å². The first kappa shape index (κ1) is 26.3. The Kier molecular flexibility index (Phi) is 5.60. The number of ether oxygens (including phenoxy) is 2. The van der Waals surface area contributed by atoms with Gasteiger partial charge in [-0.2, -0.15) is 4.73 Å². The van der Waals surface area contributed by atoms with Crippen LogP contribution in [-0.4, -0.2) is 51.4 Å². The summed E-state index contributed by atoms with van der Waals surface area (Å²) in [5.41, 5.74) is -6.07. The first-order valence-corrected chi connectivity index (χ1v) is 14.1. The Hall–Kier alpha value is -1.88. The molecule has 9 atom stereocenters. The summed E-state index contributed by atoms with van der Waals surface area (Å²) in [4.78, 5) is 26.3. The maximum absolute atomic E-state index is 17.5. The van der Waals surface area contributed by atoms with Crippen LogP contribution in [0, 0.1) is 27.9 Å². The number of halogens is 2. The number of hydrogen-bond acceptors (Lipinski definition) is 7. The second-order valence-corrected chi connectivity index (χ2v) is 13.5. The Morgan fingerprint density at radius 2 is 1.95 bits per heavy atom. The van der Waals surface area contributed by atoms with Gasteiger partial charge < -0.3 is 19.8 Å². The molecule has 1 aliphatic heterocycles. The van der Waals surface area contributed by atoms with Gasteiger partial charge in [-0.15, -0.1) is 0 Å². The molecule has 1 saturated heterocycles. The van der Waals surface area contributed by atoms with Crippen LogP contribution in [0.4, 0.5) is 8.78 Å². The minimum absolute atomic E-state index is 0.0914. The molecule has 0 aromatic carbocycles. The van der Waals surface area contributed by atoms with Crippen molar-refractivity contribution < 1.29 is 37.7 Å². The van der Waals surface area contributed by atoms with Gasteiger partial charge in [0.15, 0.2) is 23.4 Å². The molecule has 7 nitrogen and oxygen atoms in total. The van der Waals surface area contributed by atoms with Crippen molar-refractivity contribution in [3.05, 3.63) is 41.3 Å². The second kappa shape index (κ2) is 8.08. The molecule has 1 N–H and O–H groups in total. The molecule has 6 rings (SSSR count). The topological polar surface area (TPSA) is 99.8 Å². The average molecular weight is 550 g/mol. The predicted molar refractivity (Wildman–Crippen MR) is 133 cm³/mol. The number of hydrogen-bond donors (Lipinski definition) is 1. The summed E-state index contributed by atoms with van der Waals surface area (Å²) in [7, 11) is 0. The van der Waals surface area contributed by atoms with Gasteiger partial charge in [-0.1, -0.05) is 13.8 Å². The van der Waals surface area contributed by atoms with Gasteiger partial charge >= 0.3 is 0 Å². The summed E-state index contributed by atoms with van der Waals surface area (Å²) < 4.78 is 46.6. The van der Waals surface area contributed by atoms with Crippen molar-refractivity contribution in [2.45, 2.75) is 100 Å². The number of carbonyl (C=O) groups excluding carboxylic acids is 2. The number of aromatic nitrogens is 1. The highest BCUT2D eigenvalue weighted by atomic mass is 32.2. The lowest BCUT2D eigenvalue weighted by Gasteiger charge is -2.64. The standard InChI is InChI=1S/C28H33F2NO6S/c1-24(2)36-21-13-16-17-12-19(29)18-11-15(32)8-9-25(18,3)27(17,30)20(33)14-26(16,4)28(21,37-24)23(34)38-22-7-5-6-10-31(22)35/h5-7,10-11,16-17,19-21,33H,8-9,12-14H2,1-4H3/t16-,17-,19-,20-,21+,25-,26-,27-,28-/m0/s1. The van der Waals surface area contributed by atoms with Crippen LogP contribution in [0.1, 0.15) is 59.8 Å². The number of ketones is 1. The van der Waals surface area contributed by atoms with E-state index in [1.807, 2.05) is 6.92 Å². The molecule has 5 aliphatic rings. The van der Waals surface area contributed by atoms with Crippen molar-refractivity contribution in [3.8, 4) is 0 Å². The van der Waals surface area contributed by atoms with E-state index in [0.29, 0.717) is 4.73 Å². The van der Waals surface area contributed by atoms with Crippen LogP contribution < -0.4 is 4.73 Å². The molecular weight excluding hydrogens is 516 g/mol. The van der Waals surface area contributed by atoms with Crippen LogP contribution in [0.15, 0.2) is 41.1 Å². The molecule has 38 heavy (non-hydrogen) atoms. The molecule has 2 heterocycles. The highest BCUT2D eigenvalue weighted by Crippen LogP contribution is 2.73. The number of thioether (sulfide) groups is 1. The molecule has 4 fully saturated rings. The van der Waals surface area contributed by atoms with E-state index >= 15 is 8.78 Å². The molecule has 0 radical (unpaired) electrons. The summed E-state index contributed by atoms with van der Waals surface area (Å²) in [6.07, 6.45) is -1.12. The predicted octanol–water partition coefficient (Wildman–Crippen LogP) is 3.98. The fourth-order valence-corrected chi connectivity index (χ4v) is 9.72. The van der Waals surface area contributed by atoms with E-state index in [1.165, 1.54) is 18.3 Å². The van der Waals surface area contributed by atoms with Gasteiger partial charge in [0.25, 0.3) is 5.03 Å². The lowest BCUT2D eigenvalue weighted by Crippen LogP contribution is -2.71. The number of aliphatic hydroxyl groups excluding tert-OH is 1. The van der Waals surface area contributed by atoms with Crippen molar-refractivity contribution in [2.24, 2.45) is 22.7 Å². The van der Waals surface area contributed by atoms with E-state index in [2.05, 4.69) is 0 Å².